The van der Waals surface area contributed by atoms with Crippen molar-refractivity contribution < 1.29 is 4.79 Å². The normalized spacial score (nSPS) is 15.0. The minimum atomic E-state index is 0.0539. The molecule has 1 aliphatic rings. The lowest BCUT2D eigenvalue weighted by Gasteiger charge is -2.25. The Morgan fingerprint density at radius 2 is 2.19 bits per heavy atom. The molecule has 1 aromatic heterocycles. The van der Waals surface area contributed by atoms with Gasteiger partial charge in [0.15, 0.2) is 0 Å². The average molecular weight is 319 g/mol. The van der Waals surface area contributed by atoms with Crippen LogP contribution in [-0.2, 0) is 0 Å². The van der Waals surface area contributed by atoms with Crippen molar-refractivity contribution >= 4 is 28.8 Å². The van der Waals surface area contributed by atoms with E-state index in [0.29, 0.717) is 16.4 Å². The maximum Gasteiger partial charge on any atom is 0.265 e. The monoisotopic (exact) mass is 318 g/mol. The molecule has 2 heterocycles. The van der Waals surface area contributed by atoms with Crippen molar-refractivity contribution in [2.24, 2.45) is 0 Å². The van der Waals surface area contributed by atoms with E-state index in [-0.39, 0.29) is 5.91 Å². The van der Waals surface area contributed by atoms with Crippen LogP contribution in [-0.4, -0.2) is 28.9 Å². The maximum atomic E-state index is 12.5. The second kappa shape index (κ2) is 6.00. The SMILES string of the molecule is CC1=CCCN(C(=O)c2cnc(-c3ccccc3Cl)s2)C1. The Balaban J connectivity index is 1.84. The standard InChI is InChI=1S/C16H15ClN2OS/c1-11-5-4-8-19(10-11)16(20)14-9-18-15(21-14)12-6-2-3-7-13(12)17/h2-3,5-7,9H,4,8,10H2,1H3. The summed E-state index contributed by atoms with van der Waals surface area (Å²) in [5.74, 6) is 0.0539. The summed E-state index contributed by atoms with van der Waals surface area (Å²) >= 11 is 7.58. The molecular weight excluding hydrogens is 304 g/mol. The van der Waals surface area contributed by atoms with E-state index in [1.54, 1.807) is 6.20 Å². The Bertz CT molecular complexity index is 708. The van der Waals surface area contributed by atoms with Crippen molar-refractivity contribution in [2.45, 2.75) is 13.3 Å². The van der Waals surface area contributed by atoms with Crippen molar-refractivity contribution in [2.75, 3.05) is 13.1 Å². The first-order valence-electron chi connectivity index (χ1n) is 6.81. The molecule has 0 bridgehead atoms. The molecule has 1 aromatic carbocycles. The van der Waals surface area contributed by atoms with Gasteiger partial charge in [0.1, 0.15) is 9.88 Å². The Kier molecular flexibility index (Phi) is 4.08. The van der Waals surface area contributed by atoms with Crippen LogP contribution < -0.4 is 0 Å². The van der Waals surface area contributed by atoms with Gasteiger partial charge in [-0.3, -0.25) is 4.79 Å². The Morgan fingerprint density at radius 1 is 1.38 bits per heavy atom. The predicted octanol–water partition coefficient (Wildman–Crippen LogP) is 4.26. The van der Waals surface area contributed by atoms with Crippen molar-refractivity contribution in [3.8, 4) is 10.6 Å². The zero-order chi connectivity index (χ0) is 14.8. The summed E-state index contributed by atoms with van der Waals surface area (Å²) in [6, 6.07) is 7.55. The smallest absolute Gasteiger partial charge is 0.265 e. The number of nitrogens with zero attached hydrogens (tertiary/aromatic N) is 2. The average Bonchev–Trinajstić information content (AvgIpc) is 2.96. The number of aromatic nitrogens is 1. The van der Waals surface area contributed by atoms with E-state index in [1.807, 2.05) is 29.2 Å². The summed E-state index contributed by atoms with van der Waals surface area (Å²) in [5.41, 5.74) is 2.11. The number of rotatable bonds is 2. The van der Waals surface area contributed by atoms with Gasteiger partial charge in [-0.05, 0) is 19.4 Å². The fourth-order valence-electron chi connectivity index (χ4n) is 2.37. The summed E-state index contributed by atoms with van der Waals surface area (Å²) < 4.78 is 0. The highest BCUT2D eigenvalue weighted by atomic mass is 35.5. The van der Waals surface area contributed by atoms with E-state index < -0.39 is 0 Å². The van der Waals surface area contributed by atoms with Gasteiger partial charge in [-0.15, -0.1) is 11.3 Å². The molecular formula is C16H15ClN2OS. The summed E-state index contributed by atoms with van der Waals surface area (Å²) in [7, 11) is 0. The number of carbonyl (C=O) groups excluding carboxylic acids is 1. The molecule has 0 spiro atoms. The second-order valence-corrected chi connectivity index (χ2v) is 6.51. The van der Waals surface area contributed by atoms with Gasteiger partial charge in [0.2, 0.25) is 0 Å². The Hall–Kier alpha value is -1.65. The van der Waals surface area contributed by atoms with Crippen LogP contribution in [0.15, 0.2) is 42.1 Å². The van der Waals surface area contributed by atoms with E-state index >= 15 is 0 Å². The third-order valence-electron chi connectivity index (χ3n) is 3.44. The van der Waals surface area contributed by atoms with Gasteiger partial charge < -0.3 is 4.90 Å². The second-order valence-electron chi connectivity index (χ2n) is 5.08. The molecule has 0 saturated carbocycles. The van der Waals surface area contributed by atoms with Crippen LogP contribution in [0.5, 0.6) is 0 Å². The third-order valence-corrected chi connectivity index (χ3v) is 4.79. The largest absolute Gasteiger partial charge is 0.334 e. The zero-order valence-corrected chi connectivity index (χ0v) is 13.2. The van der Waals surface area contributed by atoms with E-state index in [1.165, 1.54) is 16.9 Å². The summed E-state index contributed by atoms with van der Waals surface area (Å²) in [4.78, 5) is 19.4. The van der Waals surface area contributed by atoms with E-state index in [2.05, 4.69) is 18.0 Å². The maximum absolute atomic E-state index is 12.5. The zero-order valence-electron chi connectivity index (χ0n) is 11.7. The van der Waals surface area contributed by atoms with E-state index in [9.17, 15) is 4.79 Å². The number of amides is 1. The van der Waals surface area contributed by atoms with Gasteiger partial charge in [0.25, 0.3) is 5.91 Å². The van der Waals surface area contributed by atoms with Crippen molar-refractivity contribution in [3.63, 3.8) is 0 Å². The van der Waals surface area contributed by atoms with Gasteiger partial charge in [-0.25, -0.2) is 4.98 Å². The molecule has 0 aliphatic carbocycles. The summed E-state index contributed by atoms with van der Waals surface area (Å²) in [6.45, 7) is 3.54. The summed E-state index contributed by atoms with van der Waals surface area (Å²) in [6.07, 6.45) is 4.76. The van der Waals surface area contributed by atoms with Gasteiger partial charge in [-0.1, -0.05) is 41.4 Å². The van der Waals surface area contributed by atoms with Crippen LogP contribution in [0.1, 0.15) is 23.0 Å². The quantitative estimate of drug-likeness (QED) is 0.775. The molecule has 5 heteroatoms. The molecule has 1 aliphatic heterocycles. The Morgan fingerprint density at radius 3 is 2.95 bits per heavy atom. The molecule has 0 fully saturated rings. The van der Waals surface area contributed by atoms with Gasteiger partial charge in [0, 0.05) is 18.7 Å². The summed E-state index contributed by atoms with van der Waals surface area (Å²) in [5, 5.41) is 1.44. The molecule has 0 N–H and O–H groups in total. The lowest BCUT2D eigenvalue weighted by Crippen LogP contribution is -2.34. The minimum absolute atomic E-state index is 0.0539. The first kappa shape index (κ1) is 14.3. The fraction of sp³-hybridized carbons (Fsp3) is 0.250. The van der Waals surface area contributed by atoms with Crippen LogP contribution in [0, 0.1) is 0 Å². The van der Waals surface area contributed by atoms with E-state index in [4.69, 9.17) is 11.6 Å². The van der Waals surface area contributed by atoms with Crippen molar-refractivity contribution in [1.82, 2.24) is 9.88 Å². The molecule has 3 rings (SSSR count). The molecule has 0 unspecified atom stereocenters. The highest BCUT2D eigenvalue weighted by Gasteiger charge is 2.21. The minimum Gasteiger partial charge on any atom is -0.334 e. The molecule has 0 saturated heterocycles. The molecule has 0 radical (unpaired) electrons. The number of carbonyl (C=O) groups is 1. The highest BCUT2D eigenvalue weighted by molar-refractivity contribution is 7.17. The topological polar surface area (TPSA) is 33.2 Å². The number of halogens is 1. The van der Waals surface area contributed by atoms with Gasteiger partial charge >= 0.3 is 0 Å². The highest BCUT2D eigenvalue weighted by Crippen LogP contribution is 2.31. The molecule has 2 aromatic rings. The number of hydrogen-bond donors (Lipinski definition) is 0. The molecule has 1 amide bonds. The third kappa shape index (κ3) is 3.01. The van der Waals surface area contributed by atoms with Crippen LogP contribution in [0.4, 0.5) is 0 Å². The number of benzene rings is 1. The van der Waals surface area contributed by atoms with Gasteiger partial charge in [-0.2, -0.15) is 0 Å². The van der Waals surface area contributed by atoms with Crippen LogP contribution in [0.25, 0.3) is 10.6 Å². The van der Waals surface area contributed by atoms with Crippen LogP contribution in [0.2, 0.25) is 5.02 Å². The Labute approximate surface area is 132 Å². The number of hydrogen-bond acceptors (Lipinski definition) is 3. The van der Waals surface area contributed by atoms with Crippen molar-refractivity contribution in [3.05, 3.63) is 52.0 Å². The van der Waals surface area contributed by atoms with Crippen LogP contribution in [0.3, 0.4) is 0 Å². The van der Waals surface area contributed by atoms with Crippen LogP contribution >= 0.6 is 22.9 Å². The predicted molar refractivity (Wildman–Crippen MR) is 86.8 cm³/mol. The lowest BCUT2D eigenvalue weighted by atomic mass is 10.1. The lowest BCUT2D eigenvalue weighted by molar-refractivity contribution is 0.0770. The van der Waals surface area contributed by atoms with E-state index in [0.717, 1.165) is 23.5 Å². The fourth-order valence-corrected chi connectivity index (χ4v) is 3.58. The molecule has 3 nitrogen and oxygen atoms in total. The molecule has 108 valence electrons. The first-order chi connectivity index (χ1) is 10.1. The number of thiazole rings is 1. The van der Waals surface area contributed by atoms with Gasteiger partial charge in [0.05, 0.1) is 11.2 Å². The first-order valence-corrected chi connectivity index (χ1v) is 8.00. The van der Waals surface area contributed by atoms with Crippen molar-refractivity contribution in [1.29, 1.82) is 0 Å². The molecule has 21 heavy (non-hydrogen) atoms. The molecule has 0 atom stereocenters.